The molecular formula is C28H20N4. The number of aromatic nitrogens is 2. The first-order valence-corrected chi connectivity index (χ1v) is 10.3. The summed E-state index contributed by atoms with van der Waals surface area (Å²) in [7, 11) is 0. The van der Waals surface area contributed by atoms with Crippen molar-refractivity contribution in [1.82, 2.24) is 9.97 Å². The highest BCUT2D eigenvalue weighted by Crippen LogP contribution is 2.31. The van der Waals surface area contributed by atoms with Crippen molar-refractivity contribution < 1.29 is 0 Å². The molecule has 0 saturated carbocycles. The normalized spacial score (nSPS) is 13.5. The van der Waals surface area contributed by atoms with Gasteiger partial charge in [-0.15, -0.1) is 0 Å². The number of hydrogen-bond donors (Lipinski definition) is 2. The maximum Gasteiger partial charge on any atom is 0.0873 e. The third kappa shape index (κ3) is 3.70. The molecule has 0 unspecified atom stereocenters. The largest absolute Gasteiger partial charge is 0.298 e. The third-order valence-corrected chi connectivity index (χ3v) is 5.54. The summed E-state index contributed by atoms with van der Waals surface area (Å²) in [5.74, 6) is 0. The monoisotopic (exact) mass is 412 g/mol. The van der Waals surface area contributed by atoms with Gasteiger partial charge in [0.15, 0.2) is 0 Å². The van der Waals surface area contributed by atoms with Crippen molar-refractivity contribution in [1.29, 1.82) is 10.8 Å². The molecule has 2 N–H and O–H groups in total. The van der Waals surface area contributed by atoms with Gasteiger partial charge in [0, 0.05) is 47.1 Å². The standard InChI is InChI=1S/C28H20N4/c29-27-25(21-7-1-5-19(15-21)23-9-3-13-31-17-23)11-12-26(28(27)30)22-8-2-6-20(16-22)24-10-4-14-32-18-24/h1-18,29-30H. The van der Waals surface area contributed by atoms with Gasteiger partial charge in [0.2, 0.25) is 0 Å². The molecule has 32 heavy (non-hydrogen) atoms. The average molecular weight is 412 g/mol. The number of nitrogens with zero attached hydrogens (tertiary/aromatic N) is 2. The maximum absolute atomic E-state index is 8.71. The van der Waals surface area contributed by atoms with Crippen LogP contribution < -0.4 is 0 Å². The summed E-state index contributed by atoms with van der Waals surface area (Å²) < 4.78 is 0. The van der Waals surface area contributed by atoms with Crippen LogP contribution in [0.5, 0.6) is 0 Å². The van der Waals surface area contributed by atoms with Crippen LogP contribution in [-0.2, 0) is 0 Å². The summed E-state index contributed by atoms with van der Waals surface area (Å²) in [6.07, 6.45) is 11.0. The number of benzene rings is 2. The lowest BCUT2D eigenvalue weighted by atomic mass is 9.85. The van der Waals surface area contributed by atoms with Gasteiger partial charge >= 0.3 is 0 Å². The van der Waals surface area contributed by atoms with E-state index in [1.54, 1.807) is 12.4 Å². The van der Waals surface area contributed by atoms with Crippen molar-refractivity contribution in [2.24, 2.45) is 0 Å². The SMILES string of the molecule is N=C1C(=N)C(c2cccc(-c3cccnc3)c2)=CC=C1c1cccc(-c2cccnc2)c1. The molecule has 0 fully saturated rings. The summed E-state index contributed by atoms with van der Waals surface area (Å²) in [6, 6.07) is 23.9. The van der Waals surface area contributed by atoms with Crippen LogP contribution in [0.1, 0.15) is 11.1 Å². The quantitative estimate of drug-likeness (QED) is 0.384. The van der Waals surface area contributed by atoms with E-state index >= 15 is 0 Å². The minimum absolute atomic E-state index is 0.220. The number of pyridine rings is 2. The van der Waals surface area contributed by atoms with E-state index in [0.29, 0.717) is 0 Å². The zero-order valence-electron chi connectivity index (χ0n) is 17.3. The Morgan fingerprint density at radius 3 is 1.28 bits per heavy atom. The summed E-state index contributed by atoms with van der Waals surface area (Å²) in [4.78, 5) is 8.40. The Hall–Kier alpha value is -4.44. The molecule has 4 aromatic rings. The van der Waals surface area contributed by atoms with E-state index in [0.717, 1.165) is 44.5 Å². The number of hydrogen-bond acceptors (Lipinski definition) is 4. The molecule has 152 valence electrons. The Morgan fingerprint density at radius 2 is 0.875 bits per heavy atom. The van der Waals surface area contributed by atoms with Crippen molar-refractivity contribution in [3.8, 4) is 22.3 Å². The average Bonchev–Trinajstić information content (AvgIpc) is 2.87. The lowest BCUT2D eigenvalue weighted by Crippen LogP contribution is -2.18. The second-order valence-electron chi connectivity index (χ2n) is 7.56. The fraction of sp³-hybridized carbons (Fsp3) is 0. The highest BCUT2D eigenvalue weighted by Gasteiger charge is 2.21. The van der Waals surface area contributed by atoms with E-state index in [2.05, 4.69) is 9.97 Å². The molecule has 0 spiro atoms. The molecule has 0 saturated heterocycles. The van der Waals surface area contributed by atoms with Gasteiger partial charge in [0.1, 0.15) is 0 Å². The lowest BCUT2D eigenvalue weighted by Gasteiger charge is -2.19. The maximum atomic E-state index is 8.71. The topological polar surface area (TPSA) is 73.5 Å². The molecule has 4 nitrogen and oxygen atoms in total. The number of nitrogens with one attached hydrogen (secondary N) is 2. The van der Waals surface area contributed by atoms with E-state index in [1.165, 1.54) is 0 Å². The summed E-state index contributed by atoms with van der Waals surface area (Å²) in [6.45, 7) is 0. The molecule has 0 amide bonds. The van der Waals surface area contributed by atoms with Crippen molar-refractivity contribution in [3.63, 3.8) is 0 Å². The molecule has 1 aliphatic rings. The van der Waals surface area contributed by atoms with E-state index in [4.69, 9.17) is 10.8 Å². The van der Waals surface area contributed by atoms with Crippen molar-refractivity contribution >= 4 is 22.6 Å². The minimum atomic E-state index is 0.220. The van der Waals surface area contributed by atoms with Gasteiger partial charge in [-0.25, -0.2) is 0 Å². The first-order valence-electron chi connectivity index (χ1n) is 10.3. The summed E-state index contributed by atoms with van der Waals surface area (Å²) in [5.41, 5.74) is 7.88. The Kier molecular flexibility index (Phi) is 5.10. The summed E-state index contributed by atoms with van der Waals surface area (Å²) >= 11 is 0. The zero-order valence-corrected chi connectivity index (χ0v) is 17.3. The molecular weight excluding hydrogens is 392 g/mol. The van der Waals surface area contributed by atoms with E-state index < -0.39 is 0 Å². The molecule has 2 heterocycles. The highest BCUT2D eigenvalue weighted by atomic mass is 14.6. The van der Waals surface area contributed by atoms with Crippen molar-refractivity contribution in [2.75, 3.05) is 0 Å². The lowest BCUT2D eigenvalue weighted by molar-refractivity contribution is 1.33. The van der Waals surface area contributed by atoms with Crippen LogP contribution in [0.2, 0.25) is 0 Å². The highest BCUT2D eigenvalue weighted by molar-refractivity contribution is 6.68. The van der Waals surface area contributed by atoms with Gasteiger partial charge < -0.3 is 0 Å². The molecule has 0 radical (unpaired) electrons. The van der Waals surface area contributed by atoms with Gasteiger partial charge in [0.25, 0.3) is 0 Å². The van der Waals surface area contributed by atoms with Gasteiger partial charge in [0.05, 0.1) is 11.4 Å². The fourth-order valence-corrected chi connectivity index (χ4v) is 3.88. The van der Waals surface area contributed by atoms with E-state index in [9.17, 15) is 0 Å². The first-order chi connectivity index (χ1) is 15.7. The van der Waals surface area contributed by atoms with Crippen LogP contribution in [-0.4, -0.2) is 21.4 Å². The first kappa shape index (κ1) is 19.5. The van der Waals surface area contributed by atoms with Crippen LogP contribution in [0.25, 0.3) is 33.4 Å². The van der Waals surface area contributed by atoms with E-state index in [1.807, 2.05) is 97.3 Å². The Balaban J connectivity index is 1.52. The van der Waals surface area contributed by atoms with Gasteiger partial charge in [-0.2, -0.15) is 0 Å². The number of rotatable bonds is 4. The second-order valence-corrected chi connectivity index (χ2v) is 7.56. The summed E-state index contributed by atoms with van der Waals surface area (Å²) in [5, 5.41) is 17.4. The predicted octanol–water partition coefficient (Wildman–Crippen LogP) is 6.33. The predicted molar refractivity (Wildman–Crippen MR) is 131 cm³/mol. The van der Waals surface area contributed by atoms with Crippen LogP contribution in [0.3, 0.4) is 0 Å². The van der Waals surface area contributed by atoms with Crippen LogP contribution in [0, 0.1) is 10.8 Å². The van der Waals surface area contributed by atoms with Crippen LogP contribution in [0.15, 0.2) is 110 Å². The van der Waals surface area contributed by atoms with Crippen LogP contribution >= 0.6 is 0 Å². The molecule has 1 aliphatic carbocycles. The Morgan fingerprint density at radius 1 is 0.469 bits per heavy atom. The minimum Gasteiger partial charge on any atom is -0.298 e. The molecule has 5 rings (SSSR count). The van der Waals surface area contributed by atoms with Crippen molar-refractivity contribution in [3.05, 3.63) is 121 Å². The molecule has 0 atom stereocenters. The fourth-order valence-electron chi connectivity index (χ4n) is 3.88. The van der Waals surface area contributed by atoms with Gasteiger partial charge in [-0.05, 0) is 46.5 Å². The van der Waals surface area contributed by atoms with Crippen LogP contribution in [0.4, 0.5) is 0 Å². The molecule has 2 aromatic heterocycles. The van der Waals surface area contributed by atoms with Gasteiger partial charge in [-0.1, -0.05) is 60.7 Å². The van der Waals surface area contributed by atoms with E-state index in [-0.39, 0.29) is 11.4 Å². The molecule has 0 bridgehead atoms. The smallest absolute Gasteiger partial charge is 0.0873 e. The second kappa shape index (κ2) is 8.36. The zero-order chi connectivity index (χ0) is 21.9. The Bertz CT molecular complexity index is 1270. The number of allylic oxidation sites excluding steroid dienone is 4. The molecule has 4 heteroatoms. The Labute approximate surface area is 186 Å². The molecule has 0 aliphatic heterocycles. The van der Waals surface area contributed by atoms with Crippen molar-refractivity contribution in [2.45, 2.75) is 0 Å². The molecule has 2 aromatic carbocycles. The van der Waals surface area contributed by atoms with Gasteiger partial charge in [-0.3, -0.25) is 20.8 Å². The third-order valence-electron chi connectivity index (χ3n) is 5.54.